The number of amides is 3. The minimum absolute atomic E-state index is 0.0461. The van der Waals surface area contributed by atoms with E-state index in [0.29, 0.717) is 18.7 Å². The third kappa shape index (κ3) is 6.71. The minimum atomic E-state index is -0.239. The van der Waals surface area contributed by atoms with Crippen LogP contribution in [0.3, 0.4) is 0 Å². The Morgan fingerprint density at radius 3 is 1.87 bits per heavy atom. The highest BCUT2D eigenvalue weighted by Crippen LogP contribution is 2.27. The van der Waals surface area contributed by atoms with Crippen molar-refractivity contribution in [1.82, 2.24) is 10.2 Å². The van der Waals surface area contributed by atoms with Crippen LogP contribution in [-0.2, 0) is 11.2 Å². The van der Waals surface area contributed by atoms with Gasteiger partial charge in [0.1, 0.15) is 0 Å². The van der Waals surface area contributed by atoms with Crippen LogP contribution in [0.4, 0.5) is 10.5 Å². The van der Waals surface area contributed by atoms with E-state index in [9.17, 15) is 9.59 Å². The molecular weight excluding hydrogens is 386 g/mol. The molecule has 2 N–H and O–H groups in total. The molecule has 3 amide bonds. The number of nitrogens with one attached hydrogen (secondary N) is 2. The Morgan fingerprint density at radius 2 is 1.35 bits per heavy atom. The van der Waals surface area contributed by atoms with Gasteiger partial charge in [-0.3, -0.25) is 4.79 Å². The maximum absolute atomic E-state index is 12.3. The average molecular weight is 416 g/mol. The van der Waals surface area contributed by atoms with Crippen molar-refractivity contribution in [3.63, 3.8) is 0 Å². The van der Waals surface area contributed by atoms with E-state index in [1.165, 1.54) is 11.1 Å². The van der Waals surface area contributed by atoms with Crippen LogP contribution in [0.1, 0.15) is 29.0 Å². The molecule has 0 unspecified atom stereocenters. The molecule has 0 bridgehead atoms. The third-order valence-electron chi connectivity index (χ3n) is 5.19. The lowest BCUT2D eigenvalue weighted by molar-refractivity contribution is -0.127. The summed E-state index contributed by atoms with van der Waals surface area (Å²) in [5.41, 5.74) is 4.08. The number of hydrogen-bond donors (Lipinski definition) is 2. The fourth-order valence-electron chi connectivity index (χ4n) is 3.44. The number of carbonyl (C=O) groups excluding carboxylic acids is 2. The number of benzene rings is 3. The number of urea groups is 1. The van der Waals surface area contributed by atoms with Gasteiger partial charge in [0.2, 0.25) is 5.91 Å². The van der Waals surface area contributed by atoms with Crippen LogP contribution < -0.4 is 10.6 Å². The van der Waals surface area contributed by atoms with Gasteiger partial charge in [-0.1, -0.05) is 72.8 Å². The second-order valence-corrected chi connectivity index (χ2v) is 7.71. The molecule has 0 heterocycles. The summed E-state index contributed by atoms with van der Waals surface area (Å²) in [7, 11) is 3.48. The molecule has 160 valence electrons. The lowest BCUT2D eigenvalue weighted by Gasteiger charge is -2.18. The number of rotatable bonds is 8. The monoisotopic (exact) mass is 415 g/mol. The Kier molecular flexibility index (Phi) is 7.82. The highest BCUT2D eigenvalue weighted by Gasteiger charge is 2.14. The van der Waals surface area contributed by atoms with Crippen molar-refractivity contribution in [2.75, 3.05) is 26.0 Å². The summed E-state index contributed by atoms with van der Waals surface area (Å²) in [6.45, 7) is 0.551. The molecular formula is C26H29N3O2. The van der Waals surface area contributed by atoms with Gasteiger partial charge in [-0.2, -0.15) is 0 Å². The second-order valence-electron chi connectivity index (χ2n) is 7.71. The van der Waals surface area contributed by atoms with Gasteiger partial charge >= 0.3 is 6.03 Å². The van der Waals surface area contributed by atoms with Gasteiger partial charge in [0.05, 0.1) is 6.42 Å². The summed E-state index contributed by atoms with van der Waals surface area (Å²) in [4.78, 5) is 25.7. The fraction of sp³-hybridized carbons (Fsp3) is 0.231. The first-order valence-corrected chi connectivity index (χ1v) is 10.5. The van der Waals surface area contributed by atoms with Crippen LogP contribution in [-0.4, -0.2) is 37.5 Å². The summed E-state index contributed by atoms with van der Waals surface area (Å²) in [5.74, 6) is 0.265. The maximum atomic E-state index is 12.3. The Labute approximate surface area is 184 Å². The molecule has 0 saturated heterocycles. The van der Waals surface area contributed by atoms with Gasteiger partial charge in [-0.05, 0) is 35.2 Å². The fourth-order valence-corrected chi connectivity index (χ4v) is 3.44. The molecule has 3 aromatic rings. The van der Waals surface area contributed by atoms with Gasteiger partial charge in [0.15, 0.2) is 0 Å². The first-order chi connectivity index (χ1) is 15.0. The van der Waals surface area contributed by atoms with Gasteiger partial charge in [0, 0.05) is 32.2 Å². The standard InChI is InChI=1S/C26H29N3O2/c1-29(2)25(30)19-20-13-15-23(16-14-20)28-26(31)27-18-17-24(21-9-5-3-6-10-21)22-11-7-4-8-12-22/h3-16,24H,17-19H2,1-2H3,(H2,27,28,31). The van der Waals surface area contributed by atoms with E-state index < -0.39 is 0 Å². The minimum Gasteiger partial charge on any atom is -0.349 e. The van der Waals surface area contributed by atoms with Crippen molar-refractivity contribution in [2.24, 2.45) is 0 Å². The Hall–Kier alpha value is -3.60. The van der Waals surface area contributed by atoms with Crippen molar-refractivity contribution in [3.8, 4) is 0 Å². The van der Waals surface area contributed by atoms with Crippen LogP contribution in [0.15, 0.2) is 84.9 Å². The zero-order valence-corrected chi connectivity index (χ0v) is 18.0. The zero-order valence-electron chi connectivity index (χ0n) is 18.0. The molecule has 0 aliphatic heterocycles. The van der Waals surface area contributed by atoms with E-state index >= 15 is 0 Å². The molecule has 0 aliphatic carbocycles. The van der Waals surface area contributed by atoms with E-state index in [2.05, 4.69) is 34.9 Å². The predicted molar refractivity (Wildman–Crippen MR) is 125 cm³/mol. The average Bonchev–Trinajstić information content (AvgIpc) is 2.79. The maximum Gasteiger partial charge on any atom is 0.319 e. The molecule has 0 aliphatic rings. The Balaban J connectivity index is 1.53. The normalized spacial score (nSPS) is 10.5. The van der Waals surface area contributed by atoms with E-state index in [1.54, 1.807) is 19.0 Å². The van der Waals surface area contributed by atoms with Crippen molar-refractivity contribution < 1.29 is 9.59 Å². The number of likely N-dealkylation sites (N-methyl/N-ethyl adjacent to an activating group) is 1. The summed E-state index contributed by atoms with van der Waals surface area (Å²) in [5, 5.41) is 5.81. The highest BCUT2D eigenvalue weighted by molar-refractivity contribution is 5.89. The van der Waals surface area contributed by atoms with E-state index in [4.69, 9.17) is 0 Å². The summed E-state index contributed by atoms with van der Waals surface area (Å²) in [6, 6.07) is 27.8. The van der Waals surface area contributed by atoms with E-state index in [0.717, 1.165) is 12.0 Å². The summed E-state index contributed by atoms with van der Waals surface area (Å²) < 4.78 is 0. The van der Waals surface area contributed by atoms with Gasteiger partial charge in [0.25, 0.3) is 0 Å². The lowest BCUT2D eigenvalue weighted by atomic mass is 9.88. The largest absolute Gasteiger partial charge is 0.349 e. The van der Waals surface area contributed by atoms with Gasteiger partial charge in [-0.15, -0.1) is 0 Å². The topological polar surface area (TPSA) is 61.4 Å². The smallest absolute Gasteiger partial charge is 0.319 e. The SMILES string of the molecule is CN(C)C(=O)Cc1ccc(NC(=O)NCCC(c2ccccc2)c2ccccc2)cc1. The molecule has 3 rings (SSSR count). The molecule has 0 atom stereocenters. The van der Waals surface area contributed by atoms with Crippen molar-refractivity contribution in [3.05, 3.63) is 102 Å². The van der Waals surface area contributed by atoms with Crippen LogP contribution in [0.25, 0.3) is 0 Å². The molecule has 0 aromatic heterocycles. The van der Waals surface area contributed by atoms with Gasteiger partial charge < -0.3 is 15.5 Å². The van der Waals surface area contributed by atoms with Crippen LogP contribution in [0.5, 0.6) is 0 Å². The Bertz CT molecular complexity index is 931. The molecule has 0 saturated carbocycles. The number of carbonyl (C=O) groups is 2. The van der Waals surface area contributed by atoms with E-state index in [-0.39, 0.29) is 17.9 Å². The molecule has 31 heavy (non-hydrogen) atoms. The van der Waals surface area contributed by atoms with E-state index in [1.807, 2.05) is 60.7 Å². The zero-order chi connectivity index (χ0) is 22.1. The highest BCUT2D eigenvalue weighted by atomic mass is 16.2. The van der Waals surface area contributed by atoms with Crippen LogP contribution in [0, 0.1) is 0 Å². The lowest BCUT2D eigenvalue weighted by Crippen LogP contribution is -2.30. The first kappa shape index (κ1) is 22.1. The van der Waals surface area contributed by atoms with Crippen LogP contribution in [0.2, 0.25) is 0 Å². The van der Waals surface area contributed by atoms with Crippen molar-refractivity contribution >= 4 is 17.6 Å². The predicted octanol–water partition coefficient (Wildman–Crippen LogP) is 4.66. The first-order valence-electron chi connectivity index (χ1n) is 10.5. The summed E-state index contributed by atoms with van der Waals surface area (Å²) >= 11 is 0. The third-order valence-corrected chi connectivity index (χ3v) is 5.19. The quantitative estimate of drug-likeness (QED) is 0.562. The van der Waals surface area contributed by atoms with Gasteiger partial charge in [-0.25, -0.2) is 4.79 Å². The number of hydrogen-bond acceptors (Lipinski definition) is 2. The molecule has 0 spiro atoms. The number of anilines is 1. The second kappa shape index (κ2) is 11.0. The summed E-state index contributed by atoms with van der Waals surface area (Å²) in [6.07, 6.45) is 1.15. The molecule has 5 heteroatoms. The van der Waals surface area contributed by atoms with Crippen molar-refractivity contribution in [2.45, 2.75) is 18.8 Å². The van der Waals surface area contributed by atoms with Crippen molar-refractivity contribution in [1.29, 1.82) is 0 Å². The van der Waals surface area contributed by atoms with Crippen LogP contribution >= 0.6 is 0 Å². The molecule has 0 radical (unpaired) electrons. The molecule has 5 nitrogen and oxygen atoms in total. The number of nitrogens with zero attached hydrogens (tertiary/aromatic N) is 1. The molecule has 0 fully saturated rings. The molecule has 3 aromatic carbocycles. The Morgan fingerprint density at radius 1 is 0.806 bits per heavy atom.